The van der Waals surface area contributed by atoms with Gasteiger partial charge in [-0.15, -0.1) is 0 Å². The van der Waals surface area contributed by atoms with Gasteiger partial charge in [0.15, 0.2) is 0 Å². The highest BCUT2D eigenvalue weighted by atomic mass is 35.5. The summed E-state index contributed by atoms with van der Waals surface area (Å²) in [6.45, 7) is 2.01. The maximum Gasteiger partial charge on any atom is 0.138 e. The predicted octanol–water partition coefficient (Wildman–Crippen LogP) is 4.09. The summed E-state index contributed by atoms with van der Waals surface area (Å²) in [6, 6.07) is 7.44. The quantitative estimate of drug-likeness (QED) is 0.852. The molecule has 0 saturated heterocycles. The summed E-state index contributed by atoms with van der Waals surface area (Å²) in [7, 11) is 0. The molecular weight excluding hydrogens is 257 g/mol. The highest BCUT2D eigenvalue weighted by Crippen LogP contribution is 2.24. The average molecular weight is 268 g/mol. The van der Waals surface area contributed by atoms with Crippen LogP contribution in [0.4, 0.5) is 11.5 Å². The molecule has 0 unspecified atom stereocenters. The molecule has 1 heterocycles. The van der Waals surface area contributed by atoms with Gasteiger partial charge in [0, 0.05) is 16.3 Å². The Morgan fingerprint density at radius 3 is 2.76 bits per heavy atom. The van der Waals surface area contributed by atoms with Crippen LogP contribution in [-0.4, -0.2) is 9.97 Å². The van der Waals surface area contributed by atoms with Crippen molar-refractivity contribution in [1.82, 2.24) is 9.97 Å². The molecule has 0 fully saturated rings. The number of hydrogen-bond donors (Lipinski definition) is 1. The molecule has 0 bridgehead atoms. The van der Waals surface area contributed by atoms with Crippen molar-refractivity contribution in [3.8, 4) is 0 Å². The molecule has 2 aromatic rings. The molecular formula is C12H11Cl2N3. The van der Waals surface area contributed by atoms with Crippen molar-refractivity contribution in [2.45, 2.75) is 13.3 Å². The molecule has 0 aliphatic carbocycles. The van der Waals surface area contributed by atoms with Crippen molar-refractivity contribution >= 4 is 34.7 Å². The highest BCUT2D eigenvalue weighted by molar-refractivity contribution is 6.31. The Bertz CT molecular complexity index is 529. The molecule has 0 amide bonds. The zero-order valence-corrected chi connectivity index (χ0v) is 10.8. The van der Waals surface area contributed by atoms with E-state index >= 15 is 0 Å². The van der Waals surface area contributed by atoms with Crippen molar-refractivity contribution in [2.24, 2.45) is 0 Å². The van der Waals surface area contributed by atoms with Gasteiger partial charge in [0.05, 0.1) is 0 Å². The van der Waals surface area contributed by atoms with E-state index in [4.69, 9.17) is 23.2 Å². The van der Waals surface area contributed by atoms with Gasteiger partial charge in [0.25, 0.3) is 0 Å². The molecule has 3 nitrogen and oxygen atoms in total. The molecule has 0 aliphatic rings. The third-order valence-corrected chi connectivity index (χ3v) is 2.89. The zero-order valence-electron chi connectivity index (χ0n) is 9.24. The van der Waals surface area contributed by atoms with E-state index in [0.717, 1.165) is 23.5 Å². The summed E-state index contributed by atoms with van der Waals surface area (Å²) in [5.41, 5.74) is 1.77. The summed E-state index contributed by atoms with van der Waals surface area (Å²) >= 11 is 11.9. The molecule has 0 spiro atoms. The van der Waals surface area contributed by atoms with Crippen molar-refractivity contribution in [1.29, 1.82) is 0 Å². The molecule has 0 atom stereocenters. The van der Waals surface area contributed by atoms with Gasteiger partial charge in [-0.2, -0.15) is 0 Å². The molecule has 1 N–H and O–H groups in total. The van der Waals surface area contributed by atoms with E-state index < -0.39 is 0 Å². The minimum absolute atomic E-state index is 0.479. The van der Waals surface area contributed by atoms with Crippen LogP contribution in [0.2, 0.25) is 10.2 Å². The first-order valence-electron chi connectivity index (χ1n) is 5.22. The number of nitrogens with zero attached hydrogens (tertiary/aromatic N) is 2. The number of hydrogen-bond acceptors (Lipinski definition) is 3. The number of anilines is 2. The Labute approximate surface area is 110 Å². The summed E-state index contributed by atoms with van der Waals surface area (Å²) in [5, 5.41) is 4.34. The lowest BCUT2D eigenvalue weighted by Crippen LogP contribution is -2.00. The van der Waals surface area contributed by atoms with Crippen LogP contribution >= 0.6 is 23.2 Å². The van der Waals surface area contributed by atoms with E-state index in [9.17, 15) is 0 Å². The number of aromatic nitrogens is 2. The van der Waals surface area contributed by atoms with Crippen LogP contribution in [-0.2, 0) is 6.42 Å². The van der Waals surface area contributed by atoms with Crippen LogP contribution in [0.5, 0.6) is 0 Å². The minimum atomic E-state index is 0.479. The maximum absolute atomic E-state index is 6.01. The average Bonchev–Trinajstić information content (AvgIpc) is 2.29. The lowest BCUT2D eigenvalue weighted by atomic mass is 10.2. The number of nitrogens with one attached hydrogen (secondary N) is 1. The number of rotatable bonds is 3. The summed E-state index contributed by atoms with van der Waals surface area (Å²) in [6.07, 6.45) is 2.21. The van der Waals surface area contributed by atoms with Crippen LogP contribution in [0, 0.1) is 0 Å². The van der Waals surface area contributed by atoms with E-state index in [1.807, 2.05) is 31.2 Å². The lowest BCUT2D eigenvalue weighted by Gasteiger charge is -2.10. The van der Waals surface area contributed by atoms with Gasteiger partial charge in [0.1, 0.15) is 17.3 Å². The van der Waals surface area contributed by atoms with E-state index in [2.05, 4.69) is 15.3 Å². The Morgan fingerprint density at radius 1 is 1.24 bits per heavy atom. The smallest absolute Gasteiger partial charge is 0.138 e. The fourth-order valence-corrected chi connectivity index (χ4v) is 1.97. The molecule has 1 aromatic heterocycles. The van der Waals surface area contributed by atoms with Crippen LogP contribution < -0.4 is 5.32 Å². The van der Waals surface area contributed by atoms with Gasteiger partial charge in [0.2, 0.25) is 0 Å². The van der Waals surface area contributed by atoms with Crippen LogP contribution in [0.1, 0.15) is 12.5 Å². The maximum atomic E-state index is 6.01. The SMILES string of the molecule is CCc1c(Cl)ncnc1Nc1cccc(Cl)c1. The van der Waals surface area contributed by atoms with Gasteiger partial charge < -0.3 is 5.32 Å². The largest absolute Gasteiger partial charge is 0.340 e. The molecule has 0 radical (unpaired) electrons. The molecule has 17 heavy (non-hydrogen) atoms. The van der Waals surface area contributed by atoms with Crippen LogP contribution in [0.15, 0.2) is 30.6 Å². The van der Waals surface area contributed by atoms with E-state index in [1.54, 1.807) is 0 Å². The van der Waals surface area contributed by atoms with Crippen molar-refractivity contribution in [3.05, 3.63) is 46.3 Å². The lowest BCUT2D eigenvalue weighted by molar-refractivity contribution is 1.05. The molecule has 5 heteroatoms. The molecule has 0 saturated carbocycles. The third kappa shape index (κ3) is 2.87. The normalized spacial score (nSPS) is 10.3. The summed E-state index contributed by atoms with van der Waals surface area (Å²) < 4.78 is 0. The van der Waals surface area contributed by atoms with Crippen molar-refractivity contribution in [3.63, 3.8) is 0 Å². The molecule has 0 aliphatic heterocycles. The van der Waals surface area contributed by atoms with Gasteiger partial charge in [-0.25, -0.2) is 9.97 Å². The minimum Gasteiger partial charge on any atom is -0.340 e. The molecule has 88 valence electrons. The van der Waals surface area contributed by atoms with Crippen LogP contribution in [0.3, 0.4) is 0 Å². The standard InChI is InChI=1S/C12H11Cl2N3/c1-2-10-11(14)15-7-16-12(10)17-9-5-3-4-8(13)6-9/h3-7H,2H2,1H3,(H,15,16,17). The third-order valence-electron chi connectivity index (χ3n) is 2.33. The zero-order chi connectivity index (χ0) is 12.3. The van der Waals surface area contributed by atoms with Gasteiger partial charge in [-0.05, 0) is 24.6 Å². The first-order chi connectivity index (χ1) is 8.20. The monoisotopic (exact) mass is 267 g/mol. The number of benzene rings is 1. The summed E-state index contributed by atoms with van der Waals surface area (Å²) in [4.78, 5) is 8.14. The predicted molar refractivity (Wildman–Crippen MR) is 71.2 cm³/mol. The fourth-order valence-electron chi connectivity index (χ4n) is 1.51. The number of halogens is 2. The molecule has 1 aromatic carbocycles. The Kier molecular flexibility index (Phi) is 3.82. The van der Waals surface area contributed by atoms with Crippen molar-refractivity contribution < 1.29 is 0 Å². The van der Waals surface area contributed by atoms with Crippen molar-refractivity contribution in [2.75, 3.05) is 5.32 Å². The van der Waals surface area contributed by atoms with Gasteiger partial charge >= 0.3 is 0 Å². The summed E-state index contributed by atoms with van der Waals surface area (Å²) in [5.74, 6) is 0.717. The Hall–Kier alpha value is -1.32. The van der Waals surface area contributed by atoms with Gasteiger partial charge in [-0.3, -0.25) is 0 Å². The Balaban J connectivity index is 2.33. The van der Waals surface area contributed by atoms with E-state index in [0.29, 0.717) is 10.2 Å². The second kappa shape index (κ2) is 5.34. The fraction of sp³-hybridized carbons (Fsp3) is 0.167. The Morgan fingerprint density at radius 2 is 2.06 bits per heavy atom. The topological polar surface area (TPSA) is 37.8 Å². The highest BCUT2D eigenvalue weighted by Gasteiger charge is 2.07. The first-order valence-corrected chi connectivity index (χ1v) is 5.98. The van der Waals surface area contributed by atoms with Gasteiger partial charge in [-0.1, -0.05) is 36.2 Å². The van der Waals surface area contributed by atoms with Crippen LogP contribution in [0.25, 0.3) is 0 Å². The van der Waals surface area contributed by atoms with E-state index in [-0.39, 0.29) is 0 Å². The second-order valence-electron chi connectivity index (χ2n) is 3.48. The first kappa shape index (κ1) is 12.1. The second-order valence-corrected chi connectivity index (χ2v) is 4.27. The molecule has 2 rings (SSSR count). The van der Waals surface area contributed by atoms with E-state index in [1.165, 1.54) is 6.33 Å².